The topological polar surface area (TPSA) is 98.7 Å². The number of hydrogen-bond donors (Lipinski definition) is 1. The lowest BCUT2D eigenvalue weighted by Crippen LogP contribution is -2.24. The first kappa shape index (κ1) is 15.2. The predicted octanol–water partition coefficient (Wildman–Crippen LogP) is 2.31. The molecule has 0 saturated heterocycles. The van der Waals surface area contributed by atoms with Gasteiger partial charge < -0.3 is 9.73 Å². The maximum absolute atomic E-state index is 12.5. The standard InChI is InChI=1S/C16H12N6O2S/c23-15(12-4-1-2-5-13(12)22-10-18-20-21-22)17-8-11-9-24-16(19-11)14-6-3-7-25-14/h1-7,9-10H,8H2,(H,17,23). The normalized spacial score (nSPS) is 10.7. The Labute approximate surface area is 146 Å². The van der Waals surface area contributed by atoms with E-state index in [2.05, 4.69) is 25.8 Å². The minimum atomic E-state index is -0.244. The second-order valence-corrected chi connectivity index (χ2v) is 6.02. The van der Waals surface area contributed by atoms with Crippen LogP contribution in [0.1, 0.15) is 16.1 Å². The van der Waals surface area contributed by atoms with E-state index in [9.17, 15) is 4.79 Å². The van der Waals surface area contributed by atoms with Crippen molar-refractivity contribution < 1.29 is 9.21 Å². The molecule has 0 spiro atoms. The number of oxazole rings is 1. The highest BCUT2D eigenvalue weighted by molar-refractivity contribution is 7.13. The molecule has 3 heterocycles. The lowest BCUT2D eigenvalue weighted by molar-refractivity contribution is 0.0950. The van der Waals surface area contributed by atoms with E-state index < -0.39 is 0 Å². The highest BCUT2D eigenvalue weighted by Gasteiger charge is 2.14. The Morgan fingerprint density at radius 1 is 1.24 bits per heavy atom. The van der Waals surface area contributed by atoms with Crippen LogP contribution in [0.25, 0.3) is 16.5 Å². The van der Waals surface area contributed by atoms with Gasteiger partial charge in [-0.25, -0.2) is 4.98 Å². The maximum Gasteiger partial charge on any atom is 0.253 e. The predicted molar refractivity (Wildman–Crippen MR) is 90.1 cm³/mol. The number of carbonyl (C=O) groups excluding carboxylic acids is 1. The summed E-state index contributed by atoms with van der Waals surface area (Å²) in [5.41, 5.74) is 1.72. The zero-order valence-corrected chi connectivity index (χ0v) is 13.7. The van der Waals surface area contributed by atoms with Gasteiger partial charge in [0.15, 0.2) is 0 Å². The molecular formula is C16H12N6O2S. The molecule has 4 aromatic rings. The number of aromatic nitrogens is 5. The summed E-state index contributed by atoms with van der Waals surface area (Å²) < 4.78 is 6.89. The molecule has 8 nitrogen and oxygen atoms in total. The summed E-state index contributed by atoms with van der Waals surface area (Å²) in [4.78, 5) is 17.8. The minimum Gasteiger partial charge on any atom is -0.443 e. The number of nitrogens with one attached hydrogen (secondary N) is 1. The van der Waals surface area contributed by atoms with Crippen molar-refractivity contribution >= 4 is 17.2 Å². The molecular weight excluding hydrogens is 340 g/mol. The summed E-state index contributed by atoms with van der Waals surface area (Å²) in [6.45, 7) is 0.262. The third-order valence-corrected chi connectivity index (χ3v) is 4.32. The van der Waals surface area contributed by atoms with Crippen LogP contribution >= 0.6 is 11.3 Å². The lowest BCUT2D eigenvalue weighted by Gasteiger charge is -2.08. The van der Waals surface area contributed by atoms with Gasteiger partial charge in [-0.05, 0) is 34.0 Å². The van der Waals surface area contributed by atoms with Gasteiger partial charge in [0.05, 0.1) is 28.4 Å². The molecule has 0 unspecified atom stereocenters. The zero-order chi connectivity index (χ0) is 17.1. The summed E-state index contributed by atoms with van der Waals surface area (Å²) in [7, 11) is 0. The van der Waals surface area contributed by atoms with Crippen LogP contribution in [0, 0.1) is 0 Å². The molecule has 1 N–H and O–H groups in total. The minimum absolute atomic E-state index is 0.244. The molecule has 0 aliphatic rings. The summed E-state index contributed by atoms with van der Waals surface area (Å²) in [5.74, 6) is 0.306. The summed E-state index contributed by atoms with van der Waals surface area (Å²) in [6, 6.07) is 11.0. The third-order valence-electron chi connectivity index (χ3n) is 3.46. The van der Waals surface area contributed by atoms with Crippen LogP contribution in [-0.4, -0.2) is 31.1 Å². The molecule has 124 valence electrons. The molecule has 0 aliphatic carbocycles. The van der Waals surface area contributed by atoms with E-state index in [-0.39, 0.29) is 12.5 Å². The van der Waals surface area contributed by atoms with Crippen LogP contribution in [0.15, 0.2) is 58.8 Å². The number of tetrazole rings is 1. The molecule has 25 heavy (non-hydrogen) atoms. The monoisotopic (exact) mass is 352 g/mol. The number of nitrogens with zero attached hydrogens (tertiary/aromatic N) is 5. The van der Waals surface area contributed by atoms with Crippen molar-refractivity contribution in [2.75, 3.05) is 0 Å². The van der Waals surface area contributed by atoms with Crippen LogP contribution < -0.4 is 5.32 Å². The van der Waals surface area contributed by atoms with Crippen LogP contribution in [0.5, 0.6) is 0 Å². The van der Waals surface area contributed by atoms with Gasteiger partial charge in [0.2, 0.25) is 5.89 Å². The van der Waals surface area contributed by atoms with E-state index in [1.165, 1.54) is 11.0 Å². The zero-order valence-electron chi connectivity index (χ0n) is 12.9. The van der Waals surface area contributed by atoms with Crippen molar-refractivity contribution in [2.45, 2.75) is 6.54 Å². The van der Waals surface area contributed by atoms with Crippen molar-refractivity contribution in [3.05, 3.63) is 65.6 Å². The molecule has 0 fully saturated rings. The molecule has 1 amide bonds. The second kappa shape index (κ2) is 6.65. The van der Waals surface area contributed by atoms with Gasteiger partial charge in [-0.15, -0.1) is 16.4 Å². The number of carbonyl (C=O) groups is 1. The fraction of sp³-hybridized carbons (Fsp3) is 0.0625. The SMILES string of the molecule is O=C(NCc1coc(-c2cccs2)n1)c1ccccc1-n1cnnn1. The van der Waals surface area contributed by atoms with E-state index in [1.54, 1.807) is 35.8 Å². The van der Waals surface area contributed by atoms with E-state index >= 15 is 0 Å². The summed E-state index contributed by atoms with van der Waals surface area (Å²) >= 11 is 1.55. The largest absolute Gasteiger partial charge is 0.443 e. The Morgan fingerprint density at radius 3 is 2.96 bits per heavy atom. The van der Waals surface area contributed by atoms with Crippen molar-refractivity contribution in [3.8, 4) is 16.5 Å². The average molecular weight is 352 g/mol. The van der Waals surface area contributed by atoms with Crippen molar-refractivity contribution in [2.24, 2.45) is 0 Å². The molecule has 0 bridgehead atoms. The summed E-state index contributed by atoms with van der Waals surface area (Å²) in [6.07, 6.45) is 2.99. The molecule has 0 atom stereocenters. The lowest BCUT2D eigenvalue weighted by atomic mass is 10.1. The molecule has 1 aromatic carbocycles. The van der Waals surface area contributed by atoms with Gasteiger partial charge >= 0.3 is 0 Å². The Kier molecular flexibility index (Phi) is 4.05. The fourth-order valence-corrected chi connectivity index (χ4v) is 2.96. The third kappa shape index (κ3) is 3.17. The Hall–Kier alpha value is -3.33. The molecule has 0 aliphatic heterocycles. The van der Waals surface area contributed by atoms with E-state index in [0.717, 1.165) is 4.88 Å². The number of benzene rings is 1. The van der Waals surface area contributed by atoms with Crippen LogP contribution in [0.4, 0.5) is 0 Å². The Morgan fingerprint density at radius 2 is 2.16 bits per heavy atom. The van der Waals surface area contributed by atoms with Gasteiger partial charge in [-0.2, -0.15) is 4.68 Å². The molecule has 0 radical (unpaired) electrons. The van der Waals surface area contributed by atoms with E-state index in [1.807, 2.05) is 23.6 Å². The quantitative estimate of drug-likeness (QED) is 0.592. The summed E-state index contributed by atoms with van der Waals surface area (Å²) in [5, 5.41) is 15.8. The first-order valence-electron chi connectivity index (χ1n) is 7.40. The smallest absolute Gasteiger partial charge is 0.253 e. The van der Waals surface area contributed by atoms with Crippen LogP contribution in [0.3, 0.4) is 0 Å². The Balaban J connectivity index is 1.48. The van der Waals surface area contributed by atoms with E-state index in [4.69, 9.17) is 4.42 Å². The highest BCUT2D eigenvalue weighted by atomic mass is 32.1. The van der Waals surface area contributed by atoms with Crippen molar-refractivity contribution in [3.63, 3.8) is 0 Å². The first-order valence-corrected chi connectivity index (χ1v) is 8.28. The average Bonchev–Trinajstić information content (AvgIpc) is 3.41. The van der Waals surface area contributed by atoms with Crippen LogP contribution in [0.2, 0.25) is 0 Å². The number of amides is 1. The van der Waals surface area contributed by atoms with Gasteiger partial charge in [0.1, 0.15) is 12.6 Å². The van der Waals surface area contributed by atoms with Crippen molar-refractivity contribution in [1.29, 1.82) is 0 Å². The van der Waals surface area contributed by atoms with Gasteiger partial charge in [-0.1, -0.05) is 18.2 Å². The van der Waals surface area contributed by atoms with Gasteiger partial charge in [0, 0.05) is 0 Å². The molecule has 0 saturated carbocycles. The van der Waals surface area contributed by atoms with Crippen LogP contribution in [-0.2, 0) is 6.54 Å². The van der Waals surface area contributed by atoms with Gasteiger partial charge in [0.25, 0.3) is 5.91 Å². The Bertz CT molecular complexity index is 978. The first-order chi connectivity index (χ1) is 12.3. The fourth-order valence-electron chi connectivity index (χ4n) is 2.30. The number of thiophene rings is 1. The molecule has 4 rings (SSSR count). The van der Waals surface area contributed by atoms with Gasteiger partial charge in [-0.3, -0.25) is 4.79 Å². The highest BCUT2D eigenvalue weighted by Crippen LogP contribution is 2.23. The molecule has 3 aromatic heterocycles. The number of hydrogen-bond acceptors (Lipinski definition) is 7. The number of para-hydroxylation sites is 1. The second-order valence-electron chi connectivity index (χ2n) is 5.08. The van der Waals surface area contributed by atoms with Crippen molar-refractivity contribution in [1.82, 2.24) is 30.5 Å². The number of rotatable bonds is 5. The van der Waals surface area contributed by atoms with E-state index in [0.29, 0.717) is 22.8 Å². The molecule has 9 heteroatoms. The maximum atomic E-state index is 12.5.